The Morgan fingerprint density at radius 3 is 2.44 bits per heavy atom. The second-order valence-electron chi connectivity index (χ2n) is 6.92. The lowest BCUT2D eigenvalue weighted by Crippen LogP contribution is -2.27. The van der Waals surface area contributed by atoms with Crippen molar-refractivity contribution in [2.45, 2.75) is 24.8 Å². The Morgan fingerprint density at radius 2 is 1.78 bits per heavy atom. The average molecular weight is 477 g/mol. The number of halogens is 2. The fourth-order valence-corrected chi connectivity index (χ4v) is 4.31. The fourth-order valence-electron chi connectivity index (χ4n) is 3.02. The SMILES string of the molecule is CCOc1ccc(NS(=O)(=O)c2ccc(Cl)c(C(=O)NC(C)c3ccccc3F)c2)cc1. The predicted molar refractivity (Wildman–Crippen MR) is 122 cm³/mol. The van der Waals surface area contributed by atoms with Crippen LogP contribution in [0.15, 0.2) is 71.6 Å². The molecule has 168 valence electrons. The van der Waals surface area contributed by atoms with E-state index in [0.29, 0.717) is 23.6 Å². The molecule has 0 radical (unpaired) electrons. The van der Waals surface area contributed by atoms with E-state index >= 15 is 0 Å². The van der Waals surface area contributed by atoms with Crippen molar-refractivity contribution in [3.8, 4) is 5.75 Å². The zero-order chi connectivity index (χ0) is 23.3. The monoisotopic (exact) mass is 476 g/mol. The lowest BCUT2D eigenvalue weighted by molar-refractivity contribution is 0.0939. The molecule has 0 heterocycles. The van der Waals surface area contributed by atoms with E-state index in [0.717, 1.165) is 0 Å². The molecule has 0 aliphatic rings. The molecular formula is C23H22ClFN2O4S. The molecule has 3 rings (SSSR count). The number of benzene rings is 3. The van der Waals surface area contributed by atoms with Gasteiger partial charge in [-0.2, -0.15) is 0 Å². The summed E-state index contributed by atoms with van der Waals surface area (Å²) < 4.78 is 47.4. The number of amides is 1. The lowest BCUT2D eigenvalue weighted by atomic mass is 10.1. The number of rotatable bonds is 8. The van der Waals surface area contributed by atoms with Gasteiger partial charge in [-0.3, -0.25) is 9.52 Å². The molecule has 6 nitrogen and oxygen atoms in total. The number of sulfonamides is 1. The maximum Gasteiger partial charge on any atom is 0.261 e. The third-order valence-electron chi connectivity index (χ3n) is 4.63. The summed E-state index contributed by atoms with van der Waals surface area (Å²) in [7, 11) is -3.99. The van der Waals surface area contributed by atoms with E-state index in [4.69, 9.17) is 16.3 Å². The number of hydrogen-bond donors (Lipinski definition) is 2. The summed E-state index contributed by atoms with van der Waals surface area (Å²) in [6.45, 7) is 3.97. The Bertz CT molecular complexity index is 1220. The van der Waals surface area contributed by atoms with Gasteiger partial charge in [0.25, 0.3) is 15.9 Å². The van der Waals surface area contributed by atoms with Crippen LogP contribution < -0.4 is 14.8 Å². The minimum atomic E-state index is -3.99. The van der Waals surface area contributed by atoms with Crippen LogP contribution in [0.1, 0.15) is 35.8 Å². The van der Waals surface area contributed by atoms with Gasteiger partial charge in [0, 0.05) is 11.3 Å². The highest BCUT2D eigenvalue weighted by atomic mass is 35.5. The van der Waals surface area contributed by atoms with Crippen molar-refractivity contribution < 1.29 is 22.3 Å². The summed E-state index contributed by atoms with van der Waals surface area (Å²) in [6.07, 6.45) is 0. The second-order valence-corrected chi connectivity index (χ2v) is 9.01. The van der Waals surface area contributed by atoms with Crippen LogP contribution in [-0.4, -0.2) is 20.9 Å². The predicted octanol–water partition coefficient (Wildman–Crippen LogP) is 5.17. The van der Waals surface area contributed by atoms with Gasteiger partial charge in [-0.1, -0.05) is 29.8 Å². The summed E-state index contributed by atoms with van der Waals surface area (Å²) in [5.41, 5.74) is 0.602. The third-order valence-corrected chi connectivity index (χ3v) is 6.34. The summed E-state index contributed by atoms with van der Waals surface area (Å²) in [4.78, 5) is 12.6. The molecule has 0 saturated carbocycles. The van der Waals surface area contributed by atoms with Gasteiger partial charge in [-0.25, -0.2) is 12.8 Å². The number of nitrogens with one attached hydrogen (secondary N) is 2. The maximum atomic E-state index is 14.0. The first-order chi connectivity index (χ1) is 15.2. The van der Waals surface area contributed by atoms with Gasteiger partial charge in [0.1, 0.15) is 11.6 Å². The normalized spacial score (nSPS) is 12.1. The highest BCUT2D eigenvalue weighted by Crippen LogP contribution is 2.25. The quantitative estimate of drug-likeness (QED) is 0.469. The molecule has 1 unspecified atom stereocenters. The van der Waals surface area contributed by atoms with Crippen LogP contribution in [0.2, 0.25) is 5.02 Å². The molecule has 32 heavy (non-hydrogen) atoms. The van der Waals surface area contributed by atoms with Crippen LogP contribution in [0.5, 0.6) is 5.75 Å². The Kier molecular flexibility index (Phi) is 7.37. The third kappa shape index (κ3) is 5.57. The molecule has 0 bridgehead atoms. The van der Waals surface area contributed by atoms with Crippen molar-refractivity contribution in [1.82, 2.24) is 5.32 Å². The van der Waals surface area contributed by atoms with Crippen molar-refractivity contribution >= 4 is 33.2 Å². The zero-order valence-corrected chi connectivity index (χ0v) is 19.0. The molecule has 0 saturated heterocycles. The maximum absolute atomic E-state index is 14.0. The van der Waals surface area contributed by atoms with Gasteiger partial charge in [-0.15, -0.1) is 0 Å². The van der Waals surface area contributed by atoms with Crippen LogP contribution in [0, 0.1) is 5.82 Å². The van der Waals surface area contributed by atoms with Crippen LogP contribution in [0.3, 0.4) is 0 Å². The molecule has 0 fully saturated rings. The molecule has 1 amide bonds. The first kappa shape index (κ1) is 23.6. The highest BCUT2D eigenvalue weighted by molar-refractivity contribution is 7.92. The Balaban J connectivity index is 1.80. The summed E-state index contributed by atoms with van der Waals surface area (Å²) in [6, 6.07) is 15.7. The van der Waals surface area contributed by atoms with Gasteiger partial charge in [0.15, 0.2) is 0 Å². The van der Waals surface area contributed by atoms with Crippen molar-refractivity contribution in [3.05, 3.63) is 88.7 Å². The molecule has 0 spiro atoms. The van der Waals surface area contributed by atoms with Gasteiger partial charge in [-0.05, 0) is 62.4 Å². The van der Waals surface area contributed by atoms with E-state index < -0.39 is 27.8 Å². The number of hydrogen-bond acceptors (Lipinski definition) is 4. The molecular weight excluding hydrogens is 455 g/mol. The lowest BCUT2D eigenvalue weighted by Gasteiger charge is -2.16. The summed E-state index contributed by atoms with van der Waals surface area (Å²) >= 11 is 6.15. The Labute approximate surface area is 191 Å². The molecule has 3 aromatic rings. The van der Waals surface area contributed by atoms with Gasteiger partial charge >= 0.3 is 0 Å². The average Bonchev–Trinajstić information content (AvgIpc) is 2.75. The fraction of sp³-hybridized carbons (Fsp3) is 0.174. The van der Waals surface area contributed by atoms with E-state index in [-0.39, 0.29) is 15.5 Å². The number of carbonyl (C=O) groups excluding carboxylic acids is 1. The minimum absolute atomic E-state index is 0.0376. The van der Waals surface area contributed by atoms with Crippen LogP contribution in [0.25, 0.3) is 0 Å². The largest absolute Gasteiger partial charge is 0.494 e. The van der Waals surface area contributed by atoms with Crippen LogP contribution in [-0.2, 0) is 10.0 Å². The standard InChI is InChI=1S/C23H22ClFN2O4S/c1-3-31-17-10-8-16(9-11-17)27-32(29,30)18-12-13-21(24)20(14-18)23(28)26-15(2)19-6-4-5-7-22(19)25/h4-15,27H,3H2,1-2H3,(H,26,28). The molecule has 3 aromatic carbocycles. The number of anilines is 1. The summed E-state index contributed by atoms with van der Waals surface area (Å²) in [5, 5.41) is 2.72. The van der Waals surface area contributed by atoms with Gasteiger partial charge in [0.05, 0.1) is 28.1 Å². The van der Waals surface area contributed by atoms with Crippen molar-refractivity contribution in [1.29, 1.82) is 0 Å². The van der Waals surface area contributed by atoms with Crippen molar-refractivity contribution in [2.24, 2.45) is 0 Å². The first-order valence-electron chi connectivity index (χ1n) is 9.82. The van der Waals surface area contributed by atoms with Crippen LogP contribution in [0.4, 0.5) is 10.1 Å². The molecule has 0 aliphatic carbocycles. The first-order valence-corrected chi connectivity index (χ1v) is 11.7. The van der Waals surface area contributed by atoms with Crippen molar-refractivity contribution in [2.75, 3.05) is 11.3 Å². The Morgan fingerprint density at radius 1 is 1.09 bits per heavy atom. The van der Waals surface area contributed by atoms with Crippen LogP contribution >= 0.6 is 11.6 Å². The van der Waals surface area contributed by atoms with E-state index in [1.54, 1.807) is 49.4 Å². The van der Waals surface area contributed by atoms with E-state index in [1.807, 2.05) is 6.92 Å². The highest BCUT2D eigenvalue weighted by Gasteiger charge is 2.21. The van der Waals surface area contributed by atoms with E-state index in [1.165, 1.54) is 24.3 Å². The van der Waals surface area contributed by atoms with E-state index in [9.17, 15) is 17.6 Å². The summed E-state index contributed by atoms with van der Waals surface area (Å²) in [5.74, 6) is -0.462. The Hall–Kier alpha value is -3.10. The molecule has 9 heteroatoms. The van der Waals surface area contributed by atoms with Gasteiger partial charge in [0.2, 0.25) is 0 Å². The minimum Gasteiger partial charge on any atom is -0.494 e. The molecule has 2 N–H and O–H groups in total. The molecule has 0 aromatic heterocycles. The van der Waals surface area contributed by atoms with Gasteiger partial charge < -0.3 is 10.1 Å². The topological polar surface area (TPSA) is 84.5 Å². The molecule has 1 atom stereocenters. The smallest absolute Gasteiger partial charge is 0.261 e. The van der Waals surface area contributed by atoms with E-state index in [2.05, 4.69) is 10.0 Å². The van der Waals surface area contributed by atoms with Crippen molar-refractivity contribution in [3.63, 3.8) is 0 Å². The zero-order valence-electron chi connectivity index (χ0n) is 17.4. The second kappa shape index (κ2) is 10.0. The number of ether oxygens (including phenoxy) is 1. The number of carbonyl (C=O) groups is 1. The molecule has 0 aliphatic heterocycles.